The average Bonchev–Trinajstić information content (AvgIpc) is 2.50. The normalized spacial score (nSPS) is 16.5. The van der Waals surface area contributed by atoms with E-state index in [0.29, 0.717) is 6.54 Å². The number of hydrogen-bond donors (Lipinski definition) is 1. The van der Waals surface area contributed by atoms with Gasteiger partial charge in [0, 0.05) is 11.8 Å². The molecule has 1 amide bonds. The van der Waals surface area contributed by atoms with Crippen molar-refractivity contribution < 1.29 is 9.53 Å². The molecule has 1 heterocycles. The number of rotatable bonds is 7. The minimum Gasteiger partial charge on any atom is -0.494 e. The fraction of sp³-hybridized carbons (Fsp3) is 0.611. The Balaban J connectivity index is 1.79. The maximum Gasteiger partial charge on any atom is 0.238 e. The van der Waals surface area contributed by atoms with E-state index in [9.17, 15) is 4.79 Å². The first kappa shape index (κ1) is 16.8. The Morgan fingerprint density at radius 2 is 2.14 bits per heavy atom. The molecule has 1 aromatic rings. The summed E-state index contributed by atoms with van der Waals surface area (Å²) in [5.41, 5.74) is 0.810. The van der Waals surface area contributed by atoms with Gasteiger partial charge < -0.3 is 10.1 Å². The van der Waals surface area contributed by atoms with Gasteiger partial charge in [-0.2, -0.15) is 0 Å². The van der Waals surface area contributed by atoms with E-state index in [1.165, 1.54) is 12.8 Å². The second kappa shape index (κ2) is 8.79. The second-order valence-corrected chi connectivity index (χ2v) is 6.24. The van der Waals surface area contributed by atoms with Crippen molar-refractivity contribution in [3.63, 3.8) is 0 Å². The van der Waals surface area contributed by atoms with Crippen molar-refractivity contribution in [1.82, 2.24) is 4.90 Å². The zero-order chi connectivity index (χ0) is 15.8. The molecule has 1 aliphatic rings. The predicted octanol–water partition coefficient (Wildman–Crippen LogP) is 3.54. The zero-order valence-corrected chi connectivity index (χ0v) is 13.8. The predicted molar refractivity (Wildman–Crippen MR) is 90.3 cm³/mol. The van der Waals surface area contributed by atoms with Gasteiger partial charge in [0.15, 0.2) is 0 Å². The van der Waals surface area contributed by atoms with Crippen molar-refractivity contribution in [2.45, 2.75) is 39.5 Å². The molecule has 1 saturated heterocycles. The van der Waals surface area contributed by atoms with E-state index < -0.39 is 0 Å². The smallest absolute Gasteiger partial charge is 0.238 e. The molecule has 0 unspecified atom stereocenters. The first-order valence-electron chi connectivity index (χ1n) is 8.42. The molecule has 0 aromatic heterocycles. The number of anilines is 1. The van der Waals surface area contributed by atoms with Crippen molar-refractivity contribution in [3.8, 4) is 5.75 Å². The molecule has 0 saturated carbocycles. The highest BCUT2D eigenvalue weighted by molar-refractivity contribution is 5.92. The van der Waals surface area contributed by atoms with E-state index in [2.05, 4.69) is 24.1 Å². The Bertz CT molecular complexity index is 468. The van der Waals surface area contributed by atoms with Crippen LogP contribution < -0.4 is 10.1 Å². The number of likely N-dealkylation sites (tertiary alicyclic amines) is 1. The number of unbranched alkanes of at least 4 members (excludes halogenated alkanes) is 1. The van der Waals surface area contributed by atoms with Crippen LogP contribution in [0.5, 0.6) is 5.75 Å². The molecule has 4 nitrogen and oxygen atoms in total. The number of nitrogens with one attached hydrogen (secondary N) is 1. The highest BCUT2D eigenvalue weighted by Crippen LogP contribution is 2.19. The molecule has 122 valence electrons. The number of piperidine rings is 1. The van der Waals surface area contributed by atoms with E-state index in [0.717, 1.165) is 49.9 Å². The van der Waals surface area contributed by atoms with Crippen LogP contribution in [0.1, 0.15) is 39.5 Å². The molecule has 0 aliphatic carbocycles. The Labute approximate surface area is 133 Å². The van der Waals surface area contributed by atoms with Crippen LogP contribution in [0.4, 0.5) is 5.69 Å². The highest BCUT2D eigenvalue weighted by atomic mass is 16.5. The number of hydrogen-bond acceptors (Lipinski definition) is 3. The molecule has 0 radical (unpaired) electrons. The molecule has 1 aliphatic heterocycles. The van der Waals surface area contributed by atoms with Crippen LogP contribution in [0.25, 0.3) is 0 Å². The summed E-state index contributed by atoms with van der Waals surface area (Å²) in [7, 11) is 0. The van der Waals surface area contributed by atoms with Crippen LogP contribution in [0.2, 0.25) is 0 Å². The first-order chi connectivity index (χ1) is 10.7. The lowest BCUT2D eigenvalue weighted by Gasteiger charge is -2.29. The van der Waals surface area contributed by atoms with Crippen molar-refractivity contribution in [2.75, 3.05) is 31.6 Å². The number of amides is 1. The lowest BCUT2D eigenvalue weighted by molar-refractivity contribution is -0.117. The molecule has 1 N–H and O–H groups in total. The average molecular weight is 304 g/mol. The van der Waals surface area contributed by atoms with Gasteiger partial charge in [0.25, 0.3) is 0 Å². The van der Waals surface area contributed by atoms with Crippen LogP contribution >= 0.6 is 0 Å². The van der Waals surface area contributed by atoms with Crippen LogP contribution in [-0.2, 0) is 4.79 Å². The van der Waals surface area contributed by atoms with Gasteiger partial charge in [0.05, 0.1) is 13.2 Å². The maximum atomic E-state index is 12.1. The number of ether oxygens (including phenoxy) is 1. The molecule has 4 heteroatoms. The van der Waals surface area contributed by atoms with Crippen LogP contribution in [-0.4, -0.2) is 37.0 Å². The largest absolute Gasteiger partial charge is 0.494 e. The topological polar surface area (TPSA) is 41.6 Å². The summed E-state index contributed by atoms with van der Waals surface area (Å²) in [4.78, 5) is 14.4. The van der Waals surface area contributed by atoms with Gasteiger partial charge in [-0.05, 0) is 50.4 Å². The van der Waals surface area contributed by atoms with Crippen LogP contribution in [0, 0.1) is 5.92 Å². The minimum atomic E-state index is 0.0558. The summed E-state index contributed by atoms with van der Waals surface area (Å²) < 4.78 is 5.67. The molecule has 0 atom stereocenters. The monoisotopic (exact) mass is 304 g/mol. The summed E-state index contributed by atoms with van der Waals surface area (Å²) in [5.74, 6) is 1.66. The van der Waals surface area contributed by atoms with Gasteiger partial charge in [0.2, 0.25) is 5.91 Å². The van der Waals surface area contributed by atoms with Gasteiger partial charge in [-0.25, -0.2) is 0 Å². The van der Waals surface area contributed by atoms with E-state index in [-0.39, 0.29) is 5.91 Å². The minimum absolute atomic E-state index is 0.0558. The standard InChI is InChI=1S/C18H28N2O2/c1-3-4-12-22-17-7-5-6-16(13-17)19-18(21)14-20-10-8-15(2)9-11-20/h5-7,13,15H,3-4,8-12,14H2,1-2H3,(H,19,21). The third-order valence-electron chi connectivity index (χ3n) is 4.13. The first-order valence-corrected chi connectivity index (χ1v) is 8.42. The fourth-order valence-corrected chi connectivity index (χ4v) is 2.62. The van der Waals surface area contributed by atoms with Crippen LogP contribution in [0.3, 0.4) is 0 Å². The summed E-state index contributed by atoms with van der Waals surface area (Å²) in [6.45, 7) is 7.67. The lowest BCUT2D eigenvalue weighted by Crippen LogP contribution is -2.38. The van der Waals surface area contributed by atoms with Gasteiger partial charge in [-0.1, -0.05) is 26.3 Å². The van der Waals surface area contributed by atoms with Crippen molar-refractivity contribution >= 4 is 11.6 Å². The summed E-state index contributed by atoms with van der Waals surface area (Å²) in [6.07, 6.45) is 4.54. The third-order valence-corrected chi connectivity index (χ3v) is 4.13. The quantitative estimate of drug-likeness (QED) is 0.783. The van der Waals surface area contributed by atoms with E-state index in [1.807, 2.05) is 24.3 Å². The third kappa shape index (κ3) is 5.68. The fourth-order valence-electron chi connectivity index (χ4n) is 2.62. The van der Waals surface area contributed by atoms with E-state index >= 15 is 0 Å². The van der Waals surface area contributed by atoms with Crippen molar-refractivity contribution in [3.05, 3.63) is 24.3 Å². The second-order valence-electron chi connectivity index (χ2n) is 6.24. The highest BCUT2D eigenvalue weighted by Gasteiger charge is 2.17. The lowest BCUT2D eigenvalue weighted by atomic mass is 9.99. The Hall–Kier alpha value is -1.55. The number of nitrogens with zero attached hydrogens (tertiary/aromatic N) is 1. The molecule has 0 bridgehead atoms. The number of carbonyl (C=O) groups excluding carboxylic acids is 1. The van der Waals surface area contributed by atoms with Gasteiger partial charge in [-0.3, -0.25) is 9.69 Å². The van der Waals surface area contributed by atoms with Crippen molar-refractivity contribution in [2.24, 2.45) is 5.92 Å². The molecule has 1 aromatic carbocycles. The van der Waals surface area contributed by atoms with E-state index in [4.69, 9.17) is 4.74 Å². The molecule has 1 fully saturated rings. The SMILES string of the molecule is CCCCOc1cccc(NC(=O)CN2CCC(C)CC2)c1. The summed E-state index contributed by atoms with van der Waals surface area (Å²) in [5, 5.41) is 2.97. The molecule has 0 spiro atoms. The van der Waals surface area contributed by atoms with Crippen molar-refractivity contribution in [1.29, 1.82) is 0 Å². The van der Waals surface area contributed by atoms with Gasteiger partial charge >= 0.3 is 0 Å². The Morgan fingerprint density at radius 1 is 1.36 bits per heavy atom. The Kier molecular flexibility index (Phi) is 6.72. The zero-order valence-electron chi connectivity index (χ0n) is 13.8. The number of carbonyl (C=O) groups is 1. The maximum absolute atomic E-state index is 12.1. The van der Waals surface area contributed by atoms with E-state index in [1.54, 1.807) is 0 Å². The summed E-state index contributed by atoms with van der Waals surface area (Å²) in [6, 6.07) is 7.64. The molecular formula is C18H28N2O2. The Morgan fingerprint density at radius 3 is 2.86 bits per heavy atom. The molecule has 2 rings (SSSR count). The molecule has 22 heavy (non-hydrogen) atoms. The number of benzene rings is 1. The molecular weight excluding hydrogens is 276 g/mol. The van der Waals surface area contributed by atoms with Gasteiger partial charge in [-0.15, -0.1) is 0 Å². The summed E-state index contributed by atoms with van der Waals surface area (Å²) >= 11 is 0. The van der Waals surface area contributed by atoms with Gasteiger partial charge in [0.1, 0.15) is 5.75 Å². The van der Waals surface area contributed by atoms with Crippen LogP contribution in [0.15, 0.2) is 24.3 Å².